The number of aromatic nitrogens is 2. The minimum absolute atomic E-state index is 0.174. The summed E-state index contributed by atoms with van der Waals surface area (Å²) in [6, 6.07) is 20.9. The van der Waals surface area contributed by atoms with Gasteiger partial charge in [0.2, 0.25) is 6.79 Å². The van der Waals surface area contributed by atoms with Gasteiger partial charge >= 0.3 is 0 Å². The van der Waals surface area contributed by atoms with E-state index in [0.717, 1.165) is 39.8 Å². The molecule has 2 aromatic carbocycles. The van der Waals surface area contributed by atoms with Gasteiger partial charge in [-0.2, -0.15) is 0 Å². The average Bonchev–Trinajstić information content (AvgIpc) is 3.55. The Balaban J connectivity index is 1.51. The summed E-state index contributed by atoms with van der Waals surface area (Å²) in [5.74, 6) is 1.66. The number of hydrogen-bond acceptors (Lipinski definition) is 5. The zero-order valence-electron chi connectivity index (χ0n) is 19.3. The fourth-order valence-corrected chi connectivity index (χ4v) is 5.45. The Morgan fingerprint density at radius 1 is 1.00 bits per heavy atom. The SMILES string of the molecule is Cc1cc([C@@H]2[C@@H](c3ccccn3)NC(=S)N2c2ccccc2O)c(C)n1-c1ccc2c(c1)OCO2. The van der Waals surface area contributed by atoms with E-state index >= 15 is 0 Å². The molecule has 7 nitrogen and oxygen atoms in total. The number of pyridine rings is 1. The van der Waals surface area contributed by atoms with Crippen LogP contribution >= 0.6 is 12.2 Å². The molecule has 8 heteroatoms. The first-order valence-corrected chi connectivity index (χ1v) is 11.8. The van der Waals surface area contributed by atoms with Crippen LogP contribution in [0.5, 0.6) is 17.2 Å². The lowest BCUT2D eigenvalue weighted by atomic mass is 9.96. The van der Waals surface area contributed by atoms with Gasteiger partial charge in [0.1, 0.15) is 5.75 Å². The summed E-state index contributed by atoms with van der Waals surface area (Å²) in [5, 5.41) is 14.7. The molecule has 0 amide bonds. The van der Waals surface area contributed by atoms with Crippen molar-refractivity contribution in [3.63, 3.8) is 0 Å². The molecular weight excluding hydrogens is 460 g/mol. The molecule has 0 saturated carbocycles. The Morgan fingerprint density at radius 2 is 1.80 bits per heavy atom. The second-order valence-corrected chi connectivity index (χ2v) is 9.07. The normalized spacial score (nSPS) is 18.7. The van der Waals surface area contributed by atoms with Gasteiger partial charge in [0.05, 0.1) is 23.5 Å². The molecule has 0 bridgehead atoms. The molecule has 1 saturated heterocycles. The molecule has 2 N–H and O–H groups in total. The van der Waals surface area contributed by atoms with E-state index in [2.05, 4.69) is 34.8 Å². The fraction of sp³-hybridized carbons (Fsp3) is 0.185. The number of ether oxygens (including phenoxy) is 2. The van der Waals surface area contributed by atoms with Crippen molar-refractivity contribution < 1.29 is 14.6 Å². The number of benzene rings is 2. The number of phenols is 1. The minimum Gasteiger partial charge on any atom is -0.506 e. The summed E-state index contributed by atoms with van der Waals surface area (Å²) in [7, 11) is 0. The minimum atomic E-state index is -0.223. The van der Waals surface area contributed by atoms with E-state index < -0.39 is 0 Å². The van der Waals surface area contributed by atoms with Gasteiger partial charge in [-0.15, -0.1) is 0 Å². The Kier molecular flexibility index (Phi) is 5.11. The van der Waals surface area contributed by atoms with Crippen molar-refractivity contribution in [2.45, 2.75) is 25.9 Å². The predicted octanol–water partition coefficient (Wildman–Crippen LogP) is 5.10. The van der Waals surface area contributed by atoms with Crippen molar-refractivity contribution in [1.29, 1.82) is 0 Å². The highest BCUT2D eigenvalue weighted by Gasteiger charge is 2.43. The van der Waals surface area contributed by atoms with Crippen LogP contribution < -0.4 is 19.7 Å². The first kappa shape index (κ1) is 21.5. The number of phenolic OH excluding ortho intramolecular Hbond substituents is 1. The van der Waals surface area contributed by atoms with Crippen molar-refractivity contribution in [2.24, 2.45) is 0 Å². The molecule has 2 aliphatic heterocycles. The zero-order valence-corrected chi connectivity index (χ0v) is 20.1. The van der Waals surface area contributed by atoms with E-state index in [9.17, 15) is 5.11 Å². The number of aromatic hydroxyl groups is 1. The van der Waals surface area contributed by atoms with Crippen LogP contribution in [0.3, 0.4) is 0 Å². The molecule has 0 radical (unpaired) electrons. The van der Waals surface area contributed by atoms with Gasteiger partial charge in [-0.3, -0.25) is 4.98 Å². The molecule has 2 aromatic heterocycles. The van der Waals surface area contributed by atoms with Crippen molar-refractivity contribution in [2.75, 3.05) is 11.7 Å². The monoisotopic (exact) mass is 484 g/mol. The molecule has 4 aromatic rings. The number of thiocarbonyl (C=S) groups is 1. The molecule has 2 atom stereocenters. The lowest BCUT2D eigenvalue weighted by Crippen LogP contribution is -2.29. The molecule has 176 valence electrons. The highest BCUT2D eigenvalue weighted by molar-refractivity contribution is 7.80. The van der Waals surface area contributed by atoms with Gasteiger partial charge in [-0.25, -0.2) is 0 Å². The summed E-state index contributed by atoms with van der Waals surface area (Å²) in [5.41, 5.74) is 5.76. The highest BCUT2D eigenvalue weighted by atomic mass is 32.1. The van der Waals surface area contributed by atoms with E-state index in [1.54, 1.807) is 12.3 Å². The number of para-hydroxylation sites is 2. The van der Waals surface area contributed by atoms with Crippen LogP contribution in [0.1, 0.15) is 34.7 Å². The quantitative estimate of drug-likeness (QED) is 0.391. The van der Waals surface area contributed by atoms with Gasteiger partial charge in [-0.05, 0) is 74.1 Å². The van der Waals surface area contributed by atoms with Gasteiger partial charge < -0.3 is 29.4 Å². The van der Waals surface area contributed by atoms with Crippen LogP contribution in [0.25, 0.3) is 5.69 Å². The number of nitrogens with one attached hydrogen (secondary N) is 1. The molecule has 2 aliphatic rings. The Labute approximate surface area is 208 Å². The van der Waals surface area contributed by atoms with E-state index in [-0.39, 0.29) is 24.6 Å². The molecule has 1 fully saturated rings. The highest BCUT2D eigenvalue weighted by Crippen LogP contribution is 2.46. The summed E-state index contributed by atoms with van der Waals surface area (Å²) in [6.07, 6.45) is 1.79. The first-order chi connectivity index (χ1) is 17.0. The topological polar surface area (TPSA) is 71.8 Å². The standard InChI is InChI=1S/C27H24N4O3S/c1-16-13-19(17(2)30(16)18-10-11-23-24(14-18)34-15-33-23)26-25(20-7-5-6-12-28-20)29-27(35)31(26)21-8-3-4-9-22(21)32/h3-14,25-26,32H,15H2,1-2H3,(H,29,35)/t25-,26-/m1/s1. The third-order valence-corrected chi connectivity index (χ3v) is 6.96. The second-order valence-electron chi connectivity index (χ2n) is 8.68. The third-order valence-electron chi connectivity index (χ3n) is 6.64. The van der Waals surface area contributed by atoms with Crippen LogP contribution in [0.15, 0.2) is 72.9 Å². The number of hydrogen-bond donors (Lipinski definition) is 2. The van der Waals surface area contributed by atoms with Crippen LogP contribution in [0, 0.1) is 13.8 Å². The van der Waals surface area contributed by atoms with Gasteiger partial charge in [-0.1, -0.05) is 18.2 Å². The summed E-state index contributed by atoms with van der Waals surface area (Å²) < 4.78 is 13.3. The second kappa shape index (κ2) is 8.32. The molecule has 0 aliphatic carbocycles. The zero-order chi connectivity index (χ0) is 24.1. The smallest absolute Gasteiger partial charge is 0.231 e. The molecule has 0 unspecified atom stereocenters. The third kappa shape index (κ3) is 3.49. The molecule has 35 heavy (non-hydrogen) atoms. The number of fused-ring (bicyclic) bond motifs is 1. The molecule has 6 rings (SSSR count). The van der Waals surface area contributed by atoms with Crippen LogP contribution in [0.4, 0.5) is 5.69 Å². The van der Waals surface area contributed by atoms with E-state index in [1.165, 1.54) is 0 Å². The Hall–Kier alpha value is -4.04. The number of nitrogens with zero attached hydrogens (tertiary/aromatic N) is 3. The fourth-order valence-electron chi connectivity index (χ4n) is 5.11. The molecule has 0 spiro atoms. The largest absolute Gasteiger partial charge is 0.506 e. The molecule has 4 heterocycles. The average molecular weight is 485 g/mol. The maximum Gasteiger partial charge on any atom is 0.231 e. The van der Waals surface area contributed by atoms with Crippen LogP contribution in [0.2, 0.25) is 0 Å². The van der Waals surface area contributed by atoms with E-state index in [1.807, 2.05) is 59.5 Å². The predicted molar refractivity (Wildman–Crippen MR) is 137 cm³/mol. The van der Waals surface area contributed by atoms with E-state index in [4.69, 9.17) is 21.7 Å². The molecular formula is C27H24N4O3S. The number of rotatable bonds is 4. The number of aryl methyl sites for hydroxylation is 1. The maximum atomic E-state index is 10.7. The van der Waals surface area contributed by atoms with Crippen molar-refractivity contribution in [3.8, 4) is 22.9 Å². The Bertz CT molecular complexity index is 1440. The first-order valence-electron chi connectivity index (χ1n) is 11.4. The summed E-state index contributed by atoms with van der Waals surface area (Å²) >= 11 is 5.81. The van der Waals surface area contributed by atoms with Gasteiger partial charge in [0, 0.05) is 29.3 Å². The number of anilines is 1. The van der Waals surface area contributed by atoms with Crippen molar-refractivity contribution in [1.82, 2.24) is 14.9 Å². The van der Waals surface area contributed by atoms with Crippen molar-refractivity contribution >= 4 is 23.0 Å². The summed E-state index contributed by atoms with van der Waals surface area (Å²) in [6.45, 7) is 4.43. The van der Waals surface area contributed by atoms with E-state index in [0.29, 0.717) is 10.8 Å². The lowest BCUT2D eigenvalue weighted by molar-refractivity contribution is 0.174. The van der Waals surface area contributed by atoms with Gasteiger partial charge in [0.25, 0.3) is 0 Å². The lowest BCUT2D eigenvalue weighted by Gasteiger charge is -2.28. The van der Waals surface area contributed by atoms with Crippen molar-refractivity contribution in [3.05, 3.63) is 95.6 Å². The Morgan fingerprint density at radius 3 is 2.60 bits per heavy atom. The van der Waals surface area contributed by atoms with Crippen LogP contribution in [-0.4, -0.2) is 26.6 Å². The maximum absolute atomic E-state index is 10.7. The summed E-state index contributed by atoms with van der Waals surface area (Å²) in [4.78, 5) is 6.63. The van der Waals surface area contributed by atoms with Gasteiger partial charge in [0.15, 0.2) is 16.6 Å². The van der Waals surface area contributed by atoms with Crippen LogP contribution in [-0.2, 0) is 0 Å².